The first kappa shape index (κ1) is 14.8. The van der Waals surface area contributed by atoms with Gasteiger partial charge in [0.15, 0.2) is 0 Å². The molecule has 1 saturated heterocycles. The second-order valence-electron chi connectivity index (χ2n) is 4.58. The highest BCUT2D eigenvalue weighted by Crippen LogP contribution is 2.19. The van der Waals surface area contributed by atoms with Crippen molar-refractivity contribution in [3.05, 3.63) is 5.28 Å². The molecule has 0 aliphatic carbocycles. The number of nitrogens with one attached hydrogen (secondary N) is 1. The lowest BCUT2D eigenvalue weighted by atomic mass is 10.1. The van der Waals surface area contributed by atoms with Crippen LogP contribution in [0, 0.1) is 0 Å². The number of anilines is 1. The standard InChI is InChI=1S/C12H18ClN5O2/c1-3-20-12-16-10(13)15-11(17-12)18-6-4-9(5-7-18)14-8(2)19/h9H,3-7H2,1-2H3,(H,14,19). The van der Waals surface area contributed by atoms with Crippen molar-refractivity contribution in [1.29, 1.82) is 0 Å². The summed E-state index contributed by atoms with van der Waals surface area (Å²) in [6.45, 7) is 5.39. The Hall–Kier alpha value is -1.63. The minimum absolute atomic E-state index is 0.00490. The molecule has 0 atom stereocenters. The Kier molecular flexibility index (Phi) is 4.94. The number of hydrogen-bond donors (Lipinski definition) is 1. The number of ether oxygens (including phenoxy) is 1. The van der Waals surface area contributed by atoms with Crippen LogP contribution in [0.1, 0.15) is 26.7 Å². The van der Waals surface area contributed by atoms with E-state index in [9.17, 15) is 4.79 Å². The SMILES string of the molecule is CCOc1nc(Cl)nc(N2CCC(NC(C)=O)CC2)n1. The summed E-state index contributed by atoms with van der Waals surface area (Å²) in [5, 5.41) is 3.05. The monoisotopic (exact) mass is 299 g/mol. The number of nitrogens with zero attached hydrogens (tertiary/aromatic N) is 4. The average Bonchev–Trinajstić information content (AvgIpc) is 2.38. The van der Waals surface area contributed by atoms with Gasteiger partial charge in [-0.3, -0.25) is 4.79 Å². The van der Waals surface area contributed by atoms with E-state index in [-0.39, 0.29) is 23.2 Å². The Labute approximate surface area is 122 Å². The van der Waals surface area contributed by atoms with Crippen LogP contribution in [0.3, 0.4) is 0 Å². The zero-order valence-electron chi connectivity index (χ0n) is 11.6. The van der Waals surface area contributed by atoms with Gasteiger partial charge in [-0.25, -0.2) is 0 Å². The van der Waals surface area contributed by atoms with Crippen LogP contribution in [-0.4, -0.2) is 46.6 Å². The normalized spacial score (nSPS) is 16.1. The fourth-order valence-electron chi connectivity index (χ4n) is 2.17. The number of halogens is 1. The molecule has 0 aromatic carbocycles. The van der Waals surface area contributed by atoms with Crippen molar-refractivity contribution in [2.24, 2.45) is 0 Å². The molecule has 2 heterocycles. The first-order chi connectivity index (χ1) is 9.58. The fourth-order valence-corrected chi connectivity index (χ4v) is 2.32. The van der Waals surface area contributed by atoms with Gasteiger partial charge in [-0.15, -0.1) is 0 Å². The highest BCUT2D eigenvalue weighted by molar-refractivity contribution is 6.28. The smallest absolute Gasteiger partial charge is 0.322 e. The van der Waals surface area contributed by atoms with E-state index < -0.39 is 0 Å². The quantitative estimate of drug-likeness (QED) is 0.894. The molecule has 7 nitrogen and oxygen atoms in total. The number of hydrogen-bond acceptors (Lipinski definition) is 6. The lowest BCUT2D eigenvalue weighted by Crippen LogP contribution is -2.44. The summed E-state index contributed by atoms with van der Waals surface area (Å²) in [6, 6.07) is 0.457. The Morgan fingerprint density at radius 3 is 2.70 bits per heavy atom. The van der Waals surface area contributed by atoms with Gasteiger partial charge in [0.25, 0.3) is 0 Å². The van der Waals surface area contributed by atoms with Crippen LogP contribution in [-0.2, 0) is 4.79 Å². The maximum Gasteiger partial charge on any atom is 0.322 e. The predicted octanol–water partition coefficient (Wildman–Crippen LogP) is 1.03. The molecule has 1 aliphatic rings. The van der Waals surface area contributed by atoms with E-state index in [1.165, 1.54) is 6.92 Å². The second-order valence-corrected chi connectivity index (χ2v) is 4.92. The molecular weight excluding hydrogens is 282 g/mol. The summed E-state index contributed by atoms with van der Waals surface area (Å²) in [6.07, 6.45) is 1.71. The van der Waals surface area contributed by atoms with E-state index in [0.29, 0.717) is 12.6 Å². The van der Waals surface area contributed by atoms with Crippen LogP contribution in [0.5, 0.6) is 6.01 Å². The third-order valence-corrected chi connectivity index (χ3v) is 3.20. The van der Waals surface area contributed by atoms with Gasteiger partial charge < -0.3 is 15.0 Å². The van der Waals surface area contributed by atoms with Gasteiger partial charge in [0.05, 0.1) is 6.61 Å². The average molecular weight is 300 g/mol. The van der Waals surface area contributed by atoms with E-state index in [2.05, 4.69) is 20.3 Å². The van der Waals surface area contributed by atoms with Crippen LogP contribution in [0.25, 0.3) is 0 Å². The Balaban J connectivity index is 2.01. The molecule has 0 radical (unpaired) electrons. The molecule has 1 aliphatic heterocycles. The van der Waals surface area contributed by atoms with Gasteiger partial charge in [-0.1, -0.05) is 0 Å². The van der Waals surface area contributed by atoms with E-state index in [1.807, 2.05) is 11.8 Å². The number of carbonyl (C=O) groups excluding carboxylic acids is 1. The summed E-state index contributed by atoms with van der Waals surface area (Å²) in [7, 11) is 0. The molecule has 0 spiro atoms. The molecule has 0 bridgehead atoms. The van der Waals surface area contributed by atoms with Crippen LogP contribution in [0.4, 0.5) is 5.95 Å². The zero-order chi connectivity index (χ0) is 14.5. The van der Waals surface area contributed by atoms with Crippen LogP contribution >= 0.6 is 11.6 Å². The van der Waals surface area contributed by atoms with Gasteiger partial charge in [-0.05, 0) is 31.4 Å². The predicted molar refractivity (Wildman–Crippen MR) is 75.1 cm³/mol. The van der Waals surface area contributed by atoms with Crippen molar-refractivity contribution in [1.82, 2.24) is 20.3 Å². The molecule has 110 valence electrons. The molecular formula is C12H18ClN5O2. The van der Waals surface area contributed by atoms with E-state index in [4.69, 9.17) is 16.3 Å². The lowest BCUT2D eigenvalue weighted by molar-refractivity contribution is -0.119. The van der Waals surface area contributed by atoms with Crippen molar-refractivity contribution in [3.8, 4) is 6.01 Å². The highest BCUT2D eigenvalue weighted by Gasteiger charge is 2.22. The van der Waals surface area contributed by atoms with E-state index >= 15 is 0 Å². The van der Waals surface area contributed by atoms with E-state index in [1.54, 1.807) is 0 Å². The molecule has 1 aromatic heterocycles. The summed E-state index contributed by atoms with van der Waals surface area (Å²) >= 11 is 5.88. The zero-order valence-corrected chi connectivity index (χ0v) is 12.4. The van der Waals surface area contributed by atoms with Gasteiger partial charge >= 0.3 is 6.01 Å². The highest BCUT2D eigenvalue weighted by atomic mass is 35.5. The Morgan fingerprint density at radius 2 is 2.10 bits per heavy atom. The molecule has 1 fully saturated rings. The number of rotatable bonds is 4. The first-order valence-electron chi connectivity index (χ1n) is 6.65. The van der Waals surface area contributed by atoms with E-state index in [0.717, 1.165) is 25.9 Å². The van der Waals surface area contributed by atoms with Crippen LogP contribution in [0.2, 0.25) is 5.28 Å². The number of piperidine rings is 1. The Morgan fingerprint density at radius 1 is 1.40 bits per heavy atom. The Bertz CT molecular complexity index is 477. The molecule has 0 unspecified atom stereocenters. The lowest BCUT2D eigenvalue weighted by Gasteiger charge is -2.32. The first-order valence-corrected chi connectivity index (χ1v) is 7.02. The maximum atomic E-state index is 11.0. The number of aromatic nitrogens is 3. The number of amides is 1. The molecule has 1 N–H and O–H groups in total. The van der Waals surface area contributed by atoms with Crippen LogP contribution in [0.15, 0.2) is 0 Å². The molecule has 8 heteroatoms. The molecule has 2 rings (SSSR count). The molecule has 1 amide bonds. The minimum Gasteiger partial charge on any atom is -0.464 e. The molecule has 20 heavy (non-hydrogen) atoms. The molecule has 0 saturated carbocycles. The van der Waals surface area contributed by atoms with Crippen LogP contribution < -0.4 is 15.0 Å². The van der Waals surface area contributed by atoms with Gasteiger partial charge in [0.1, 0.15) is 0 Å². The summed E-state index contributed by atoms with van der Waals surface area (Å²) in [5.41, 5.74) is 0. The summed E-state index contributed by atoms with van der Waals surface area (Å²) in [4.78, 5) is 25.3. The topological polar surface area (TPSA) is 80.2 Å². The maximum absolute atomic E-state index is 11.0. The summed E-state index contributed by atoms with van der Waals surface area (Å²) in [5.74, 6) is 0.528. The fraction of sp³-hybridized carbons (Fsp3) is 0.667. The second kappa shape index (κ2) is 6.69. The van der Waals surface area contributed by atoms with Crippen molar-refractivity contribution in [3.63, 3.8) is 0 Å². The van der Waals surface area contributed by atoms with Crippen molar-refractivity contribution >= 4 is 23.5 Å². The number of carbonyl (C=O) groups is 1. The van der Waals surface area contributed by atoms with Gasteiger partial charge in [0, 0.05) is 26.1 Å². The minimum atomic E-state index is 0.00490. The largest absolute Gasteiger partial charge is 0.464 e. The summed E-state index contributed by atoms with van der Waals surface area (Å²) < 4.78 is 5.26. The molecule has 1 aromatic rings. The van der Waals surface area contributed by atoms with Crippen molar-refractivity contribution in [2.45, 2.75) is 32.7 Å². The third kappa shape index (κ3) is 3.93. The van der Waals surface area contributed by atoms with Crippen molar-refractivity contribution in [2.75, 3.05) is 24.6 Å². The van der Waals surface area contributed by atoms with Gasteiger partial charge in [0.2, 0.25) is 17.1 Å². The van der Waals surface area contributed by atoms with Crippen molar-refractivity contribution < 1.29 is 9.53 Å². The third-order valence-electron chi connectivity index (χ3n) is 3.03. The van der Waals surface area contributed by atoms with Gasteiger partial charge in [-0.2, -0.15) is 15.0 Å².